The minimum atomic E-state index is 0.833. The fourth-order valence-corrected chi connectivity index (χ4v) is 1.74. The summed E-state index contributed by atoms with van der Waals surface area (Å²) in [5.41, 5.74) is 1.08. The molecule has 1 aromatic rings. The molecule has 17 heavy (non-hydrogen) atoms. The molecule has 3 heteroatoms. The molecule has 94 valence electrons. The standard InChI is InChI=1S/C14H22N2O/c1-2-8-15-10-13-5-6-14(11-16-13)17-9-7-12-3-4-12/h5-6,11-12,15H,2-4,7-10H2,1H3. The topological polar surface area (TPSA) is 34.1 Å². The fraction of sp³-hybridized carbons (Fsp3) is 0.643. The average molecular weight is 234 g/mol. The van der Waals surface area contributed by atoms with Gasteiger partial charge in [-0.05, 0) is 37.4 Å². The van der Waals surface area contributed by atoms with Gasteiger partial charge in [-0.1, -0.05) is 19.8 Å². The van der Waals surface area contributed by atoms with Crippen LogP contribution in [0.3, 0.4) is 0 Å². The minimum absolute atomic E-state index is 0.833. The zero-order valence-electron chi connectivity index (χ0n) is 10.6. The van der Waals surface area contributed by atoms with Crippen LogP contribution in [0.5, 0.6) is 5.75 Å². The van der Waals surface area contributed by atoms with Gasteiger partial charge in [0.15, 0.2) is 0 Å². The van der Waals surface area contributed by atoms with Gasteiger partial charge in [-0.2, -0.15) is 0 Å². The maximum absolute atomic E-state index is 5.65. The van der Waals surface area contributed by atoms with Crippen molar-refractivity contribution in [3.05, 3.63) is 24.0 Å². The molecular weight excluding hydrogens is 212 g/mol. The van der Waals surface area contributed by atoms with Crippen LogP contribution >= 0.6 is 0 Å². The molecule has 0 unspecified atom stereocenters. The molecule has 0 atom stereocenters. The van der Waals surface area contributed by atoms with E-state index in [1.807, 2.05) is 18.3 Å². The molecule has 0 radical (unpaired) electrons. The summed E-state index contributed by atoms with van der Waals surface area (Å²) in [6.45, 7) is 4.88. The number of hydrogen-bond donors (Lipinski definition) is 1. The normalized spacial score (nSPS) is 14.9. The van der Waals surface area contributed by atoms with Gasteiger partial charge in [0.1, 0.15) is 5.75 Å². The zero-order chi connectivity index (χ0) is 11.9. The number of pyridine rings is 1. The molecule has 1 heterocycles. The van der Waals surface area contributed by atoms with Crippen molar-refractivity contribution < 1.29 is 4.74 Å². The van der Waals surface area contributed by atoms with Crippen LogP contribution in [0.1, 0.15) is 38.3 Å². The lowest BCUT2D eigenvalue weighted by Crippen LogP contribution is -2.14. The Morgan fingerprint density at radius 1 is 1.41 bits per heavy atom. The van der Waals surface area contributed by atoms with Crippen molar-refractivity contribution >= 4 is 0 Å². The van der Waals surface area contributed by atoms with Crippen molar-refractivity contribution in [2.75, 3.05) is 13.2 Å². The highest BCUT2D eigenvalue weighted by Gasteiger charge is 2.20. The van der Waals surface area contributed by atoms with Crippen LogP contribution < -0.4 is 10.1 Å². The number of hydrogen-bond acceptors (Lipinski definition) is 3. The van der Waals surface area contributed by atoms with E-state index >= 15 is 0 Å². The molecule has 0 amide bonds. The fourth-order valence-electron chi connectivity index (χ4n) is 1.74. The second-order valence-electron chi connectivity index (χ2n) is 4.74. The first-order chi connectivity index (χ1) is 8.38. The molecule has 2 rings (SSSR count). The molecule has 0 spiro atoms. The molecule has 1 fully saturated rings. The highest BCUT2D eigenvalue weighted by Crippen LogP contribution is 2.32. The van der Waals surface area contributed by atoms with Crippen LogP contribution in [-0.2, 0) is 6.54 Å². The molecule has 0 saturated heterocycles. The molecular formula is C14H22N2O. The van der Waals surface area contributed by atoms with Crippen molar-refractivity contribution in [1.29, 1.82) is 0 Å². The number of nitrogens with zero attached hydrogens (tertiary/aromatic N) is 1. The predicted molar refractivity (Wildman–Crippen MR) is 69.1 cm³/mol. The van der Waals surface area contributed by atoms with Crippen molar-refractivity contribution in [2.45, 2.75) is 39.2 Å². The lowest BCUT2D eigenvalue weighted by atomic mass is 10.3. The lowest BCUT2D eigenvalue weighted by Gasteiger charge is -2.06. The van der Waals surface area contributed by atoms with Gasteiger partial charge in [-0.15, -0.1) is 0 Å². The quantitative estimate of drug-likeness (QED) is 0.702. The molecule has 0 bridgehead atoms. The first-order valence-electron chi connectivity index (χ1n) is 6.67. The summed E-state index contributed by atoms with van der Waals surface area (Å²) in [5.74, 6) is 1.82. The smallest absolute Gasteiger partial charge is 0.137 e. The Kier molecular flexibility index (Phi) is 4.80. The van der Waals surface area contributed by atoms with Crippen molar-refractivity contribution in [3.8, 4) is 5.75 Å². The first-order valence-corrected chi connectivity index (χ1v) is 6.67. The number of aromatic nitrogens is 1. The van der Waals surface area contributed by atoms with Gasteiger partial charge in [0.2, 0.25) is 0 Å². The summed E-state index contributed by atoms with van der Waals surface area (Å²) in [6, 6.07) is 4.05. The summed E-state index contributed by atoms with van der Waals surface area (Å²) in [4.78, 5) is 4.38. The Morgan fingerprint density at radius 2 is 2.29 bits per heavy atom. The van der Waals surface area contributed by atoms with Gasteiger partial charge in [-0.25, -0.2) is 0 Å². The van der Waals surface area contributed by atoms with Crippen LogP contribution in [0.4, 0.5) is 0 Å². The van der Waals surface area contributed by atoms with E-state index in [1.165, 1.54) is 19.3 Å². The molecule has 0 aliphatic heterocycles. The van der Waals surface area contributed by atoms with Gasteiger partial charge < -0.3 is 10.1 Å². The van der Waals surface area contributed by atoms with E-state index in [2.05, 4.69) is 17.2 Å². The van der Waals surface area contributed by atoms with Crippen molar-refractivity contribution in [1.82, 2.24) is 10.3 Å². The average Bonchev–Trinajstić information content (AvgIpc) is 3.16. The Labute approximate surface area is 104 Å². The van der Waals surface area contributed by atoms with Gasteiger partial charge in [-0.3, -0.25) is 4.98 Å². The van der Waals surface area contributed by atoms with Gasteiger partial charge in [0.05, 0.1) is 18.5 Å². The molecule has 1 aliphatic rings. The van der Waals surface area contributed by atoms with E-state index in [1.54, 1.807) is 0 Å². The highest BCUT2D eigenvalue weighted by molar-refractivity contribution is 5.19. The Balaban J connectivity index is 1.68. The zero-order valence-corrected chi connectivity index (χ0v) is 10.6. The van der Waals surface area contributed by atoms with E-state index in [9.17, 15) is 0 Å². The molecule has 3 nitrogen and oxygen atoms in total. The third kappa shape index (κ3) is 4.73. The summed E-state index contributed by atoms with van der Waals surface area (Å²) in [6.07, 6.45) is 6.96. The molecule has 1 aromatic heterocycles. The van der Waals surface area contributed by atoms with E-state index < -0.39 is 0 Å². The molecule has 0 aromatic carbocycles. The maximum atomic E-state index is 5.65. The van der Waals surface area contributed by atoms with Gasteiger partial charge >= 0.3 is 0 Å². The SMILES string of the molecule is CCCNCc1ccc(OCCC2CC2)cn1. The summed E-state index contributed by atoms with van der Waals surface area (Å²) in [7, 11) is 0. The third-order valence-electron chi connectivity index (χ3n) is 3.02. The number of ether oxygens (including phenoxy) is 1. The second-order valence-corrected chi connectivity index (χ2v) is 4.74. The second kappa shape index (κ2) is 6.60. The van der Waals surface area contributed by atoms with Crippen LogP contribution in [0.15, 0.2) is 18.3 Å². The van der Waals surface area contributed by atoms with E-state index in [4.69, 9.17) is 4.74 Å². The maximum Gasteiger partial charge on any atom is 0.137 e. The Morgan fingerprint density at radius 3 is 2.94 bits per heavy atom. The van der Waals surface area contributed by atoms with Gasteiger partial charge in [0, 0.05) is 6.54 Å². The van der Waals surface area contributed by atoms with E-state index in [0.717, 1.165) is 43.5 Å². The first kappa shape index (κ1) is 12.4. The monoisotopic (exact) mass is 234 g/mol. The predicted octanol–water partition coefficient (Wildman–Crippen LogP) is 2.76. The van der Waals surface area contributed by atoms with E-state index in [-0.39, 0.29) is 0 Å². The number of rotatable bonds is 8. The third-order valence-corrected chi connectivity index (χ3v) is 3.02. The Hall–Kier alpha value is -1.09. The van der Waals surface area contributed by atoms with Crippen molar-refractivity contribution in [2.24, 2.45) is 5.92 Å². The van der Waals surface area contributed by atoms with Crippen LogP contribution in [-0.4, -0.2) is 18.1 Å². The highest BCUT2D eigenvalue weighted by atomic mass is 16.5. The summed E-state index contributed by atoms with van der Waals surface area (Å²) >= 11 is 0. The van der Waals surface area contributed by atoms with Crippen LogP contribution in [0.25, 0.3) is 0 Å². The lowest BCUT2D eigenvalue weighted by molar-refractivity contribution is 0.301. The summed E-state index contributed by atoms with van der Waals surface area (Å²) in [5, 5.41) is 3.33. The molecule has 1 N–H and O–H groups in total. The van der Waals surface area contributed by atoms with Crippen LogP contribution in [0, 0.1) is 5.92 Å². The minimum Gasteiger partial charge on any atom is -0.492 e. The van der Waals surface area contributed by atoms with Gasteiger partial charge in [0.25, 0.3) is 0 Å². The summed E-state index contributed by atoms with van der Waals surface area (Å²) < 4.78 is 5.65. The molecule has 1 saturated carbocycles. The Bertz CT molecular complexity index is 319. The number of nitrogens with one attached hydrogen (secondary N) is 1. The van der Waals surface area contributed by atoms with Crippen LogP contribution in [0.2, 0.25) is 0 Å². The largest absolute Gasteiger partial charge is 0.492 e. The molecule has 1 aliphatic carbocycles. The van der Waals surface area contributed by atoms with E-state index in [0.29, 0.717) is 0 Å². The van der Waals surface area contributed by atoms with Crippen molar-refractivity contribution in [3.63, 3.8) is 0 Å².